The van der Waals surface area contributed by atoms with Crippen LogP contribution in [0.4, 0.5) is 0 Å². The molecule has 0 bridgehead atoms. The normalized spacial score (nSPS) is 11.5. The number of hydrogen-bond acceptors (Lipinski definition) is 4. The Balaban J connectivity index is 2.42. The van der Waals surface area contributed by atoms with Crippen LogP contribution in [-0.4, -0.2) is 35.3 Å². The summed E-state index contributed by atoms with van der Waals surface area (Å²) in [6, 6.07) is 6.29. The minimum absolute atomic E-state index is 0.239. The van der Waals surface area contributed by atoms with Gasteiger partial charge in [0, 0.05) is 19.8 Å². The number of rotatable bonds is 9. The first-order valence-electron chi connectivity index (χ1n) is 6.31. The molecule has 0 heterocycles. The fraction of sp³-hybridized carbons (Fsp3) is 0.538. The molecule has 1 N–H and O–H groups in total. The van der Waals surface area contributed by atoms with Crippen LogP contribution < -0.4 is 9.46 Å². The summed E-state index contributed by atoms with van der Waals surface area (Å²) in [4.78, 5) is 0.239. The molecule has 108 valence electrons. The maximum atomic E-state index is 11.9. The third-order valence-electron chi connectivity index (χ3n) is 2.48. The van der Waals surface area contributed by atoms with E-state index >= 15 is 0 Å². The molecule has 1 aromatic rings. The zero-order valence-electron chi connectivity index (χ0n) is 11.4. The minimum atomic E-state index is -3.44. The van der Waals surface area contributed by atoms with Crippen LogP contribution in [0.3, 0.4) is 0 Å². The van der Waals surface area contributed by atoms with Gasteiger partial charge in [0.05, 0.1) is 12.0 Å². The van der Waals surface area contributed by atoms with Gasteiger partial charge in [-0.05, 0) is 37.1 Å². The van der Waals surface area contributed by atoms with Crippen molar-refractivity contribution in [1.82, 2.24) is 4.72 Å². The molecule has 0 unspecified atom stereocenters. The van der Waals surface area contributed by atoms with Crippen LogP contribution in [0.15, 0.2) is 29.2 Å². The van der Waals surface area contributed by atoms with Gasteiger partial charge in [-0.15, -0.1) is 0 Å². The lowest BCUT2D eigenvalue weighted by Crippen LogP contribution is -2.25. The Kier molecular flexibility index (Phi) is 6.83. The number of sulfonamides is 1. The Hall–Kier alpha value is -1.11. The maximum absolute atomic E-state index is 11.9. The molecule has 0 aliphatic rings. The van der Waals surface area contributed by atoms with Gasteiger partial charge < -0.3 is 9.47 Å². The highest BCUT2D eigenvalue weighted by molar-refractivity contribution is 7.89. The lowest BCUT2D eigenvalue weighted by Gasteiger charge is -2.07. The Labute approximate surface area is 115 Å². The number of methoxy groups -OCH3 is 1. The summed E-state index contributed by atoms with van der Waals surface area (Å²) in [6.07, 6.45) is 1.63. The van der Waals surface area contributed by atoms with Crippen LogP contribution in [0.5, 0.6) is 5.75 Å². The van der Waals surface area contributed by atoms with Crippen LogP contribution >= 0.6 is 0 Å². The molecule has 0 saturated heterocycles. The zero-order chi connectivity index (χ0) is 14.1. The Morgan fingerprint density at radius 1 is 1.16 bits per heavy atom. The molecule has 0 fully saturated rings. The maximum Gasteiger partial charge on any atom is 0.240 e. The third kappa shape index (κ3) is 5.59. The molecule has 6 heteroatoms. The SMILES string of the molecule is CCCOCCCNS(=O)(=O)c1ccc(OC)cc1. The lowest BCUT2D eigenvalue weighted by atomic mass is 10.3. The van der Waals surface area contributed by atoms with Gasteiger partial charge in [0.25, 0.3) is 0 Å². The Bertz CT molecular complexity index is 456. The van der Waals surface area contributed by atoms with E-state index < -0.39 is 10.0 Å². The fourth-order valence-electron chi connectivity index (χ4n) is 1.47. The molecule has 1 rings (SSSR count). The highest BCUT2D eigenvalue weighted by Gasteiger charge is 2.12. The smallest absolute Gasteiger partial charge is 0.240 e. The second-order valence-electron chi connectivity index (χ2n) is 4.04. The average Bonchev–Trinajstić information content (AvgIpc) is 2.43. The summed E-state index contributed by atoms with van der Waals surface area (Å²) in [5, 5.41) is 0. The Morgan fingerprint density at radius 3 is 2.42 bits per heavy atom. The van der Waals surface area contributed by atoms with Gasteiger partial charge in [-0.1, -0.05) is 6.92 Å². The predicted molar refractivity (Wildman–Crippen MR) is 73.9 cm³/mol. The average molecular weight is 287 g/mol. The van der Waals surface area contributed by atoms with Gasteiger partial charge in [-0.2, -0.15) is 0 Å². The van der Waals surface area contributed by atoms with E-state index in [0.29, 0.717) is 31.9 Å². The van der Waals surface area contributed by atoms with E-state index in [4.69, 9.17) is 9.47 Å². The van der Waals surface area contributed by atoms with Crippen LogP contribution in [-0.2, 0) is 14.8 Å². The summed E-state index contributed by atoms with van der Waals surface area (Å²) >= 11 is 0. The number of benzene rings is 1. The number of ether oxygens (including phenoxy) is 2. The second-order valence-corrected chi connectivity index (χ2v) is 5.81. The molecule has 0 amide bonds. The largest absolute Gasteiger partial charge is 0.497 e. The first kappa shape index (κ1) is 15.9. The van der Waals surface area contributed by atoms with E-state index in [1.807, 2.05) is 6.92 Å². The van der Waals surface area contributed by atoms with E-state index in [9.17, 15) is 8.42 Å². The minimum Gasteiger partial charge on any atom is -0.497 e. The fourth-order valence-corrected chi connectivity index (χ4v) is 2.54. The first-order valence-corrected chi connectivity index (χ1v) is 7.80. The number of hydrogen-bond donors (Lipinski definition) is 1. The molecular formula is C13H21NO4S. The van der Waals surface area contributed by atoms with Crippen molar-refractivity contribution in [2.75, 3.05) is 26.9 Å². The van der Waals surface area contributed by atoms with Crippen molar-refractivity contribution in [3.63, 3.8) is 0 Å². The predicted octanol–water partition coefficient (Wildman–Crippen LogP) is 1.79. The van der Waals surface area contributed by atoms with Crippen molar-refractivity contribution >= 4 is 10.0 Å². The van der Waals surface area contributed by atoms with Gasteiger partial charge in [-0.3, -0.25) is 0 Å². The monoisotopic (exact) mass is 287 g/mol. The van der Waals surface area contributed by atoms with E-state index in [1.54, 1.807) is 12.1 Å². The van der Waals surface area contributed by atoms with Gasteiger partial charge >= 0.3 is 0 Å². The molecule has 0 aliphatic heterocycles. The van der Waals surface area contributed by atoms with Crippen LogP contribution in [0.25, 0.3) is 0 Å². The van der Waals surface area contributed by atoms with Crippen molar-refractivity contribution in [3.05, 3.63) is 24.3 Å². The third-order valence-corrected chi connectivity index (χ3v) is 3.95. The van der Waals surface area contributed by atoms with E-state index in [0.717, 1.165) is 6.42 Å². The lowest BCUT2D eigenvalue weighted by molar-refractivity contribution is 0.133. The molecule has 0 atom stereocenters. The molecule has 0 spiro atoms. The summed E-state index contributed by atoms with van der Waals surface area (Å²) < 4.78 is 36.7. The summed E-state index contributed by atoms with van der Waals surface area (Å²) in [6.45, 7) is 3.69. The second kappa shape index (κ2) is 8.14. The molecule has 0 saturated carbocycles. The molecule has 1 aromatic carbocycles. The van der Waals surface area contributed by atoms with Crippen molar-refractivity contribution in [2.24, 2.45) is 0 Å². The van der Waals surface area contributed by atoms with Gasteiger partial charge in [-0.25, -0.2) is 13.1 Å². The summed E-state index contributed by atoms with van der Waals surface area (Å²) in [5.74, 6) is 0.631. The highest BCUT2D eigenvalue weighted by atomic mass is 32.2. The van der Waals surface area contributed by atoms with E-state index in [2.05, 4.69) is 4.72 Å². The topological polar surface area (TPSA) is 64.6 Å². The number of nitrogens with one attached hydrogen (secondary N) is 1. The summed E-state index contributed by atoms with van der Waals surface area (Å²) in [5.41, 5.74) is 0. The van der Waals surface area contributed by atoms with Crippen LogP contribution in [0.1, 0.15) is 19.8 Å². The molecule has 0 aliphatic carbocycles. The molecule has 19 heavy (non-hydrogen) atoms. The van der Waals surface area contributed by atoms with Gasteiger partial charge in [0.15, 0.2) is 0 Å². The van der Waals surface area contributed by atoms with Crippen molar-refractivity contribution < 1.29 is 17.9 Å². The van der Waals surface area contributed by atoms with Crippen molar-refractivity contribution in [1.29, 1.82) is 0 Å². The Morgan fingerprint density at radius 2 is 1.84 bits per heavy atom. The van der Waals surface area contributed by atoms with Crippen LogP contribution in [0.2, 0.25) is 0 Å². The van der Waals surface area contributed by atoms with Gasteiger partial charge in [0.1, 0.15) is 5.75 Å². The van der Waals surface area contributed by atoms with E-state index in [1.165, 1.54) is 19.2 Å². The standard InChI is InChI=1S/C13H21NO4S/c1-3-10-18-11-4-9-14-19(15,16)13-7-5-12(17-2)6-8-13/h5-8,14H,3-4,9-11H2,1-2H3. The molecule has 0 radical (unpaired) electrons. The highest BCUT2D eigenvalue weighted by Crippen LogP contribution is 2.15. The van der Waals surface area contributed by atoms with Crippen molar-refractivity contribution in [3.8, 4) is 5.75 Å². The quantitative estimate of drug-likeness (QED) is 0.703. The molecule has 0 aromatic heterocycles. The first-order chi connectivity index (χ1) is 9.10. The van der Waals surface area contributed by atoms with E-state index in [-0.39, 0.29) is 4.90 Å². The van der Waals surface area contributed by atoms with Crippen molar-refractivity contribution in [2.45, 2.75) is 24.7 Å². The van der Waals surface area contributed by atoms with Crippen LogP contribution in [0, 0.1) is 0 Å². The summed E-state index contributed by atoms with van der Waals surface area (Å²) in [7, 11) is -1.90. The molecular weight excluding hydrogens is 266 g/mol. The van der Waals surface area contributed by atoms with Gasteiger partial charge in [0.2, 0.25) is 10.0 Å². The molecule has 5 nitrogen and oxygen atoms in total. The zero-order valence-corrected chi connectivity index (χ0v) is 12.2.